The second kappa shape index (κ2) is 14.1. The molecule has 0 spiro atoms. The standard InChI is InChI=1S/C52H36Si/c1-6-19-39(20-7-1)42-25-18-30-46(37-42)53(44-26-12-4-13-27-44,45-28-14-5-15-29-45)36-35-49-47-31-16-17-32-50(47)52(41-23-10-3-11-24-41)51-38-43(33-34-48(49)51)40-21-8-2-9-22-40/h1-34,37-38H. The Morgan fingerprint density at radius 1 is 0.283 bits per heavy atom. The van der Waals surface area contributed by atoms with Crippen LogP contribution in [0.25, 0.3) is 54.9 Å². The molecule has 0 aliphatic carbocycles. The highest BCUT2D eigenvalue weighted by Crippen LogP contribution is 2.40. The zero-order valence-electron chi connectivity index (χ0n) is 29.3. The first kappa shape index (κ1) is 32.2. The maximum Gasteiger partial charge on any atom is 0.230 e. The van der Waals surface area contributed by atoms with Crippen LogP contribution in [0.4, 0.5) is 0 Å². The molecule has 0 aromatic heterocycles. The van der Waals surface area contributed by atoms with Crippen molar-refractivity contribution in [2.24, 2.45) is 0 Å². The third kappa shape index (κ3) is 5.96. The van der Waals surface area contributed by atoms with Crippen LogP contribution in [0, 0.1) is 11.5 Å². The molecule has 9 aromatic carbocycles. The van der Waals surface area contributed by atoms with Crippen LogP contribution >= 0.6 is 0 Å². The summed E-state index contributed by atoms with van der Waals surface area (Å²) in [6, 6.07) is 79.0. The van der Waals surface area contributed by atoms with Crippen LogP contribution in [0.2, 0.25) is 0 Å². The Kier molecular flexibility index (Phi) is 8.58. The molecule has 0 amide bonds. The second-order valence-electron chi connectivity index (χ2n) is 13.5. The van der Waals surface area contributed by atoms with E-state index in [9.17, 15) is 0 Å². The summed E-state index contributed by atoms with van der Waals surface area (Å²) in [4.78, 5) is 0. The largest absolute Gasteiger partial charge is 0.230 e. The van der Waals surface area contributed by atoms with Crippen molar-refractivity contribution in [1.29, 1.82) is 0 Å². The summed E-state index contributed by atoms with van der Waals surface area (Å²) in [5.41, 5.74) is 12.5. The minimum atomic E-state index is -2.95. The Morgan fingerprint density at radius 3 is 1.30 bits per heavy atom. The minimum Gasteiger partial charge on any atom is -0.109 e. The van der Waals surface area contributed by atoms with Crippen molar-refractivity contribution < 1.29 is 0 Å². The molecule has 0 unspecified atom stereocenters. The van der Waals surface area contributed by atoms with E-state index in [1.165, 1.54) is 65.1 Å². The Balaban J connectivity index is 1.38. The average Bonchev–Trinajstić information content (AvgIpc) is 3.25. The van der Waals surface area contributed by atoms with Gasteiger partial charge >= 0.3 is 0 Å². The SMILES string of the molecule is C(#C[Si](c1ccccc1)(c1ccccc1)c1cccc(-c2ccccc2)c1)c1c2ccccc2c(-c2ccccc2)c2cc(-c3ccccc3)ccc12. The zero-order chi connectivity index (χ0) is 35.5. The van der Waals surface area contributed by atoms with Gasteiger partial charge in [-0.05, 0) is 76.6 Å². The van der Waals surface area contributed by atoms with Gasteiger partial charge in [-0.15, -0.1) is 5.54 Å². The Labute approximate surface area is 312 Å². The maximum atomic E-state index is 4.16. The van der Waals surface area contributed by atoms with Gasteiger partial charge in [-0.2, -0.15) is 0 Å². The van der Waals surface area contributed by atoms with Crippen molar-refractivity contribution in [3.05, 3.63) is 224 Å². The number of hydrogen-bond acceptors (Lipinski definition) is 0. The molecule has 0 radical (unpaired) electrons. The smallest absolute Gasteiger partial charge is 0.109 e. The third-order valence-corrected chi connectivity index (χ3v) is 14.5. The molecule has 9 aromatic rings. The predicted molar refractivity (Wildman–Crippen MR) is 229 cm³/mol. The van der Waals surface area contributed by atoms with Crippen LogP contribution in [0.5, 0.6) is 0 Å². The summed E-state index contributed by atoms with van der Waals surface area (Å²) in [7, 11) is -2.95. The summed E-state index contributed by atoms with van der Waals surface area (Å²) in [6.45, 7) is 0. The molecular weight excluding hydrogens is 653 g/mol. The molecule has 0 aliphatic heterocycles. The van der Waals surface area contributed by atoms with Gasteiger partial charge in [-0.1, -0.05) is 218 Å². The second-order valence-corrected chi connectivity index (χ2v) is 16.9. The number of hydrogen-bond donors (Lipinski definition) is 0. The molecule has 1 heteroatoms. The van der Waals surface area contributed by atoms with Gasteiger partial charge in [0.25, 0.3) is 0 Å². The minimum absolute atomic E-state index is 1.07. The quantitative estimate of drug-likeness (QED) is 0.0706. The van der Waals surface area contributed by atoms with E-state index in [-0.39, 0.29) is 0 Å². The first-order chi connectivity index (χ1) is 26.3. The molecule has 0 atom stereocenters. The van der Waals surface area contributed by atoms with Crippen LogP contribution in [0.3, 0.4) is 0 Å². The number of rotatable bonds is 6. The topological polar surface area (TPSA) is 0 Å². The van der Waals surface area contributed by atoms with Crippen molar-refractivity contribution in [3.8, 4) is 44.8 Å². The average molecular weight is 689 g/mol. The Morgan fingerprint density at radius 2 is 0.717 bits per heavy atom. The summed E-state index contributed by atoms with van der Waals surface area (Å²) in [5, 5.41) is 8.55. The van der Waals surface area contributed by atoms with Crippen LogP contribution in [0.1, 0.15) is 5.56 Å². The number of benzene rings is 9. The van der Waals surface area contributed by atoms with Crippen molar-refractivity contribution in [1.82, 2.24) is 0 Å². The van der Waals surface area contributed by atoms with Gasteiger partial charge in [0.15, 0.2) is 0 Å². The predicted octanol–water partition coefficient (Wildman–Crippen LogP) is 11.1. The molecular formula is C52H36Si. The van der Waals surface area contributed by atoms with E-state index in [0.717, 1.165) is 10.9 Å². The van der Waals surface area contributed by atoms with E-state index < -0.39 is 8.07 Å². The van der Waals surface area contributed by atoms with Gasteiger partial charge in [0.2, 0.25) is 8.07 Å². The lowest BCUT2D eigenvalue weighted by Gasteiger charge is -2.29. The molecule has 0 heterocycles. The molecule has 53 heavy (non-hydrogen) atoms. The molecule has 0 saturated carbocycles. The zero-order valence-corrected chi connectivity index (χ0v) is 30.3. The van der Waals surface area contributed by atoms with Gasteiger partial charge in [-0.25, -0.2) is 0 Å². The van der Waals surface area contributed by atoms with Crippen molar-refractivity contribution in [2.45, 2.75) is 0 Å². The summed E-state index contributed by atoms with van der Waals surface area (Å²) in [6.07, 6.45) is 0. The molecule has 248 valence electrons. The van der Waals surface area contributed by atoms with Gasteiger partial charge < -0.3 is 0 Å². The van der Waals surface area contributed by atoms with Crippen LogP contribution in [-0.2, 0) is 0 Å². The molecule has 0 nitrogen and oxygen atoms in total. The fraction of sp³-hybridized carbons (Fsp3) is 0. The Bertz CT molecular complexity index is 2700. The van der Waals surface area contributed by atoms with Crippen LogP contribution in [0.15, 0.2) is 218 Å². The van der Waals surface area contributed by atoms with Crippen molar-refractivity contribution in [3.63, 3.8) is 0 Å². The third-order valence-electron chi connectivity index (χ3n) is 10.4. The van der Waals surface area contributed by atoms with Gasteiger partial charge in [0, 0.05) is 5.56 Å². The Hall–Kier alpha value is -6.72. The van der Waals surface area contributed by atoms with Gasteiger partial charge in [0.1, 0.15) is 0 Å². The van der Waals surface area contributed by atoms with Crippen molar-refractivity contribution >= 4 is 45.2 Å². The summed E-state index contributed by atoms with van der Waals surface area (Å²) in [5.74, 6) is 3.98. The van der Waals surface area contributed by atoms with E-state index in [0.29, 0.717) is 0 Å². The molecule has 0 aliphatic rings. The van der Waals surface area contributed by atoms with E-state index in [1.54, 1.807) is 0 Å². The van der Waals surface area contributed by atoms with E-state index in [2.05, 4.69) is 230 Å². The lowest BCUT2D eigenvalue weighted by molar-refractivity contribution is 1.63. The highest BCUT2D eigenvalue weighted by Gasteiger charge is 2.38. The lowest BCUT2D eigenvalue weighted by atomic mass is 9.87. The van der Waals surface area contributed by atoms with E-state index >= 15 is 0 Å². The summed E-state index contributed by atoms with van der Waals surface area (Å²) >= 11 is 0. The van der Waals surface area contributed by atoms with Crippen LogP contribution < -0.4 is 15.6 Å². The molecule has 0 N–H and O–H groups in total. The molecule has 0 bridgehead atoms. The van der Waals surface area contributed by atoms with Crippen molar-refractivity contribution in [2.75, 3.05) is 0 Å². The van der Waals surface area contributed by atoms with Gasteiger partial charge in [0.05, 0.1) is 0 Å². The molecule has 0 fully saturated rings. The first-order valence-electron chi connectivity index (χ1n) is 18.2. The molecule has 0 saturated heterocycles. The van der Waals surface area contributed by atoms with E-state index in [4.69, 9.17) is 0 Å². The monoisotopic (exact) mass is 688 g/mol. The van der Waals surface area contributed by atoms with Crippen LogP contribution in [-0.4, -0.2) is 8.07 Å². The fourth-order valence-corrected chi connectivity index (χ4v) is 11.7. The maximum absolute atomic E-state index is 4.16. The highest BCUT2D eigenvalue weighted by molar-refractivity contribution is 7.16. The van der Waals surface area contributed by atoms with E-state index in [1.807, 2.05) is 0 Å². The summed E-state index contributed by atoms with van der Waals surface area (Å²) < 4.78 is 0. The normalized spacial score (nSPS) is 11.2. The van der Waals surface area contributed by atoms with Gasteiger partial charge in [-0.3, -0.25) is 0 Å². The number of fused-ring (bicyclic) bond motifs is 2. The fourth-order valence-electron chi connectivity index (χ4n) is 7.85. The molecule has 9 rings (SSSR count). The first-order valence-corrected chi connectivity index (χ1v) is 20.2. The lowest BCUT2D eigenvalue weighted by Crippen LogP contribution is -2.66. The highest BCUT2D eigenvalue weighted by atomic mass is 28.3.